The molecular weight excluding hydrogens is 371 g/mol. The molecule has 29 heavy (non-hydrogen) atoms. The highest BCUT2D eigenvalue weighted by Gasteiger charge is 2.27. The predicted molar refractivity (Wildman–Crippen MR) is 108 cm³/mol. The maximum Gasteiger partial charge on any atom is 0.287 e. The zero-order valence-corrected chi connectivity index (χ0v) is 16.2. The molecule has 1 amide bonds. The molecule has 4 rings (SSSR count). The van der Waals surface area contributed by atoms with E-state index < -0.39 is 5.82 Å². The molecule has 0 unspecified atom stereocenters. The normalized spacial score (nSPS) is 15.4. The number of furan rings is 1. The number of nitrogens with zero attached hydrogens (tertiary/aromatic N) is 1. The number of aliphatic hydroxyl groups is 1. The van der Waals surface area contributed by atoms with Gasteiger partial charge in [0.05, 0.1) is 12.9 Å². The van der Waals surface area contributed by atoms with Gasteiger partial charge in [-0.15, -0.1) is 0 Å². The number of para-hydroxylation sites is 1. The van der Waals surface area contributed by atoms with Crippen molar-refractivity contribution in [3.63, 3.8) is 0 Å². The number of carbonyl (C=O) groups is 1. The topological polar surface area (TPSA) is 65.7 Å². The molecular formula is C23H23FN2O3. The summed E-state index contributed by atoms with van der Waals surface area (Å²) < 4.78 is 19.0. The number of rotatable bonds is 6. The van der Waals surface area contributed by atoms with Gasteiger partial charge in [0.15, 0.2) is 5.76 Å². The fourth-order valence-electron chi connectivity index (χ4n) is 3.84. The Hall–Kier alpha value is -3.12. The minimum absolute atomic E-state index is 0.206. The second kappa shape index (κ2) is 8.09. The van der Waals surface area contributed by atoms with Crippen LogP contribution in [0.1, 0.15) is 39.7 Å². The molecule has 5 nitrogen and oxygen atoms in total. The number of fused-ring (bicyclic) bond motifs is 1. The highest BCUT2D eigenvalue weighted by Crippen LogP contribution is 2.33. The standard InChI is InChI=1S/C23H23FN2O3/c1-15-10-17-4-2-3-5-21(17)26(15)13-18-8-9-29-22(18)23(28)25-12-16-6-7-20(24)19(11-16)14-27/h2-9,11,15,27H,10,12-14H2,1H3,(H,25,28)/t15-/m1/s1. The zero-order valence-electron chi connectivity index (χ0n) is 16.2. The number of hydrogen-bond donors (Lipinski definition) is 2. The monoisotopic (exact) mass is 394 g/mol. The van der Waals surface area contributed by atoms with Gasteiger partial charge in [-0.1, -0.05) is 24.3 Å². The minimum Gasteiger partial charge on any atom is -0.459 e. The number of benzene rings is 2. The van der Waals surface area contributed by atoms with Gasteiger partial charge in [0.2, 0.25) is 0 Å². The summed E-state index contributed by atoms with van der Waals surface area (Å²) in [4.78, 5) is 15.0. The van der Waals surface area contributed by atoms with E-state index in [0.29, 0.717) is 18.2 Å². The molecule has 0 aliphatic carbocycles. The van der Waals surface area contributed by atoms with Crippen LogP contribution in [-0.2, 0) is 26.1 Å². The van der Waals surface area contributed by atoms with Crippen molar-refractivity contribution in [2.45, 2.75) is 39.1 Å². The van der Waals surface area contributed by atoms with E-state index in [2.05, 4.69) is 29.3 Å². The number of amides is 1. The highest BCUT2D eigenvalue weighted by atomic mass is 19.1. The van der Waals surface area contributed by atoms with Gasteiger partial charge in [-0.25, -0.2) is 4.39 Å². The van der Waals surface area contributed by atoms with Crippen LogP contribution in [0.3, 0.4) is 0 Å². The summed E-state index contributed by atoms with van der Waals surface area (Å²) >= 11 is 0. The van der Waals surface area contributed by atoms with E-state index in [1.807, 2.05) is 18.2 Å². The fourth-order valence-corrected chi connectivity index (χ4v) is 3.84. The summed E-state index contributed by atoms with van der Waals surface area (Å²) in [5.41, 5.74) is 4.23. The molecule has 2 heterocycles. The molecule has 1 atom stereocenters. The van der Waals surface area contributed by atoms with Crippen LogP contribution in [0.25, 0.3) is 0 Å². The highest BCUT2D eigenvalue weighted by molar-refractivity contribution is 5.93. The van der Waals surface area contributed by atoms with Crippen molar-refractivity contribution in [2.75, 3.05) is 4.90 Å². The van der Waals surface area contributed by atoms with Gasteiger partial charge in [0, 0.05) is 35.9 Å². The molecule has 1 aromatic heterocycles. The van der Waals surface area contributed by atoms with Crippen LogP contribution < -0.4 is 10.2 Å². The van der Waals surface area contributed by atoms with Gasteiger partial charge in [0.1, 0.15) is 5.82 Å². The third-order valence-corrected chi connectivity index (χ3v) is 5.38. The van der Waals surface area contributed by atoms with Crippen molar-refractivity contribution in [3.8, 4) is 0 Å². The number of anilines is 1. The lowest BCUT2D eigenvalue weighted by Gasteiger charge is -2.24. The second-order valence-corrected chi connectivity index (χ2v) is 7.35. The molecule has 0 fully saturated rings. The molecule has 3 aromatic rings. The quantitative estimate of drug-likeness (QED) is 0.668. The molecule has 0 bridgehead atoms. The van der Waals surface area contributed by atoms with Gasteiger partial charge in [-0.2, -0.15) is 0 Å². The predicted octanol–water partition coefficient (Wildman–Crippen LogP) is 3.79. The maximum atomic E-state index is 13.5. The molecule has 2 N–H and O–H groups in total. The molecule has 6 heteroatoms. The van der Waals surface area contributed by atoms with Gasteiger partial charge in [0.25, 0.3) is 5.91 Å². The summed E-state index contributed by atoms with van der Waals surface area (Å²) in [7, 11) is 0. The van der Waals surface area contributed by atoms with E-state index in [1.165, 1.54) is 23.6 Å². The summed E-state index contributed by atoms with van der Waals surface area (Å²) in [6, 6.07) is 14.9. The molecule has 0 radical (unpaired) electrons. The van der Waals surface area contributed by atoms with Crippen LogP contribution in [0.5, 0.6) is 0 Å². The first kappa shape index (κ1) is 19.2. The number of hydrogen-bond acceptors (Lipinski definition) is 4. The second-order valence-electron chi connectivity index (χ2n) is 7.35. The van der Waals surface area contributed by atoms with Crippen molar-refractivity contribution < 1.29 is 18.7 Å². The van der Waals surface area contributed by atoms with Crippen molar-refractivity contribution in [1.29, 1.82) is 0 Å². The minimum atomic E-state index is -0.462. The van der Waals surface area contributed by atoms with Crippen LogP contribution in [0, 0.1) is 5.82 Å². The first-order valence-corrected chi connectivity index (χ1v) is 9.64. The summed E-state index contributed by atoms with van der Waals surface area (Å²) in [5, 5.41) is 12.0. The largest absolute Gasteiger partial charge is 0.459 e. The average molecular weight is 394 g/mol. The Labute approximate surface area is 168 Å². The first-order valence-electron chi connectivity index (χ1n) is 9.64. The molecule has 1 aliphatic rings. The molecule has 150 valence electrons. The zero-order chi connectivity index (χ0) is 20.4. The van der Waals surface area contributed by atoms with Crippen molar-refractivity contribution >= 4 is 11.6 Å². The van der Waals surface area contributed by atoms with E-state index in [0.717, 1.165) is 12.0 Å². The van der Waals surface area contributed by atoms with Gasteiger partial charge in [-0.3, -0.25) is 4.79 Å². The Balaban J connectivity index is 1.46. The van der Waals surface area contributed by atoms with Gasteiger partial charge < -0.3 is 19.7 Å². The van der Waals surface area contributed by atoms with Crippen molar-refractivity contribution in [1.82, 2.24) is 5.32 Å². The third-order valence-electron chi connectivity index (χ3n) is 5.38. The van der Waals surface area contributed by atoms with Gasteiger partial charge >= 0.3 is 0 Å². The lowest BCUT2D eigenvalue weighted by molar-refractivity contribution is 0.0921. The van der Waals surface area contributed by atoms with Crippen molar-refractivity contribution in [3.05, 3.63) is 88.6 Å². The Kier molecular flexibility index (Phi) is 5.36. The number of aliphatic hydroxyl groups excluding tert-OH is 1. The Morgan fingerprint density at radius 2 is 2.07 bits per heavy atom. The van der Waals surface area contributed by atoms with E-state index in [4.69, 9.17) is 4.42 Å². The maximum absolute atomic E-state index is 13.5. The molecule has 1 aliphatic heterocycles. The summed E-state index contributed by atoms with van der Waals surface area (Å²) in [6.07, 6.45) is 2.51. The number of carbonyl (C=O) groups excluding carboxylic acids is 1. The Morgan fingerprint density at radius 3 is 2.90 bits per heavy atom. The first-order chi connectivity index (χ1) is 14.1. The molecule has 0 spiro atoms. The lowest BCUT2D eigenvalue weighted by Crippen LogP contribution is -2.30. The van der Waals surface area contributed by atoms with Crippen LogP contribution >= 0.6 is 0 Å². The summed E-state index contributed by atoms with van der Waals surface area (Å²) in [6.45, 7) is 2.59. The van der Waals surface area contributed by atoms with E-state index >= 15 is 0 Å². The SMILES string of the molecule is C[C@@H]1Cc2ccccc2N1Cc1ccoc1C(=O)NCc1ccc(F)c(CO)c1. The third kappa shape index (κ3) is 3.89. The molecule has 0 saturated carbocycles. The van der Waals surface area contributed by atoms with Crippen LogP contribution in [-0.4, -0.2) is 17.1 Å². The van der Waals surface area contributed by atoms with Crippen LogP contribution in [0.2, 0.25) is 0 Å². The van der Waals surface area contributed by atoms with E-state index in [1.54, 1.807) is 12.1 Å². The van der Waals surface area contributed by atoms with Crippen molar-refractivity contribution in [2.24, 2.45) is 0 Å². The molecule has 0 saturated heterocycles. The number of nitrogens with one attached hydrogen (secondary N) is 1. The number of halogens is 1. The Bertz CT molecular complexity index is 1030. The summed E-state index contributed by atoms with van der Waals surface area (Å²) in [5.74, 6) is -0.498. The molecule has 2 aromatic carbocycles. The van der Waals surface area contributed by atoms with Crippen LogP contribution in [0.15, 0.2) is 59.2 Å². The Morgan fingerprint density at radius 1 is 1.24 bits per heavy atom. The van der Waals surface area contributed by atoms with E-state index in [-0.39, 0.29) is 30.4 Å². The average Bonchev–Trinajstić information content (AvgIpc) is 3.32. The lowest BCUT2D eigenvalue weighted by atomic mass is 10.1. The smallest absolute Gasteiger partial charge is 0.287 e. The fraction of sp³-hybridized carbons (Fsp3) is 0.261. The van der Waals surface area contributed by atoms with Crippen LogP contribution in [0.4, 0.5) is 10.1 Å². The van der Waals surface area contributed by atoms with Gasteiger partial charge in [-0.05, 0) is 48.7 Å². The van der Waals surface area contributed by atoms with E-state index in [9.17, 15) is 14.3 Å².